The van der Waals surface area contributed by atoms with Gasteiger partial charge in [-0.25, -0.2) is 9.97 Å². The van der Waals surface area contributed by atoms with Crippen LogP contribution in [0, 0.1) is 5.92 Å². The summed E-state index contributed by atoms with van der Waals surface area (Å²) in [5.41, 5.74) is 1.11. The Morgan fingerprint density at radius 3 is 2.72 bits per heavy atom. The number of nitrogens with zero attached hydrogens (tertiary/aromatic N) is 3. The van der Waals surface area contributed by atoms with Gasteiger partial charge in [0.15, 0.2) is 0 Å². The predicted molar refractivity (Wildman–Crippen MR) is 70.0 cm³/mol. The summed E-state index contributed by atoms with van der Waals surface area (Å²) in [6.07, 6.45) is 6.09. The summed E-state index contributed by atoms with van der Waals surface area (Å²) >= 11 is 0. The maximum Gasteiger partial charge on any atom is 0.222 e. The van der Waals surface area contributed by atoms with E-state index in [1.165, 1.54) is 0 Å². The molecule has 1 aromatic rings. The zero-order valence-electron chi connectivity index (χ0n) is 11.2. The van der Waals surface area contributed by atoms with Crippen molar-refractivity contribution in [1.82, 2.24) is 14.9 Å². The Kier molecular flexibility index (Phi) is 4.28. The fourth-order valence-corrected chi connectivity index (χ4v) is 2.45. The van der Waals surface area contributed by atoms with Gasteiger partial charge in [-0.3, -0.25) is 4.79 Å². The van der Waals surface area contributed by atoms with Crippen LogP contribution in [0.3, 0.4) is 0 Å². The molecule has 1 amide bonds. The van der Waals surface area contributed by atoms with E-state index in [1.54, 1.807) is 12.5 Å². The van der Waals surface area contributed by atoms with Gasteiger partial charge in [-0.1, -0.05) is 13.8 Å². The van der Waals surface area contributed by atoms with Gasteiger partial charge in [0.2, 0.25) is 5.91 Å². The normalized spacial score (nSPS) is 17.2. The SMILES string of the molecule is CC(C)CC(=O)N1CCC(c2ccncn2)CC1. The number of aromatic nitrogens is 2. The maximum atomic E-state index is 12.0. The minimum atomic E-state index is 0.297. The standard InChI is InChI=1S/C14H21N3O/c1-11(2)9-14(18)17-7-4-12(5-8-17)13-3-6-15-10-16-13/h3,6,10-12H,4-5,7-9H2,1-2H3. The van der Waals surface area contributed by atoms with Gasteiger partial charge < -0.3 is 4.90 Å². The van der Waals surface area contributed by atoms with Crippen LogP contribution in [0.5, 0.6) is 0 Å². The average molecular weight is 247 g/mol. The fraction of sp³-hybridized carbons (Fsp3) is 0.643. The first kappa shape index (κ1) is 13.0. The molecule has 98 valence electrons. The lowest BCUT2D eigenvalue weighted by molar-refractivity contribution is -0.133. The molecule has 4 nitrogen and oxygen atoms in total. The molecule has 1 aliphatic heterocycles. The van der Waals surface area contributed by atoms with E-state index >= 15 is 0 Å². The fourth-order valence-electron chi connectivity index (χ4n) is 2.45. The molecule has 1 aliphatic rings. The lowest BCUT2D eigenvalue weighted by Crippen LogP contribution is -2.38. The van der Waals surface area contributed by atoms with Gasteiger partial charge in [-0.05, 0) is 24.8 Å². The lowest BCUT2D eigenvalue weighted by Gasteiger charge is -2.32. The van der Waals surface area contributed by atoms with E-state index in [-0.39, 0.29) is 0 Å². The van der Waals surface area contributed by atoms with Crippen LogP contribution >= 0.6 is 0 Å². The molecule has 0 unspecified atom stereocenters. The van der Waals surface area contributed by atoms with Crippen molar-refractivity contribution in [3.63, 3.8) is 0 Å². The lowest BCUT2D eigenvalue weighted by atomic mass is 9.93. The van der Waals surface area contributed by atoms with E-state index in [4.69, 9.17) is 0 Å². The second-order valence-corrected chi connectivity index (χ2v) is 5.39. The highest BCUT2D eigenvalue weighted by Crippen LogP contribution is 2.26. The van der Waals surface area contributed by atoms with Crippen molar-refractivity contribution in [3.8, 4) is 0 Å². The topological polar surface area (TPSA) is 46.1 Å². The summed E-state index contributed by atoms with van der Waals surface area (Å²) in [5, 5.41) is 0. The third-order valence-corrected chi connectivity index (χ3v) is 3.45. The summed E-state index contributed by atoms with van der Waals surface area (Å²) in [7, 11) is 0. The summed E-state index contributed by atoms with van der Waals surface area (Å²) in [6, 6.07) is 1.98. The van der Waals surface area contributed by atoms with Crippen molar-refractivity contribution < 1.29 is 4.79 Å². The Balaban J connectivity index is 1.87. The molecule has 0 saturated carbocycles. The quantitative estimate of drug-likeness (QED) is 0.822. The Bertz CT molecular complexity index is 383. The number of rotatable bonds is 3. The minimum Gasteiger partial charge on any atom is -0.343 e. The second kappa shape index (κ2) is 5.94. The summed E-state index contributed by atoms with van der Waals surface area (Å²) in [5.74, 6) is 1.22. The molecular formula is C14H21N3O. The van der Waals surface area contributed by atoms with E-state index in [9.17, 15) is 4.79 Å². The highest BCUT2D eigenvalue weighted by Gasteiger charge is 2.24. The van der Waals surface area contributed by atoms with Gasteiger partial charge in [0.1, 0.15) is 6.33 Å². The van der Waals surface area contributed by atoms with Gasteiger partial charge in [0, 0.05) is 37.3 Å². The molecule has 0 atom stereocenters. The number of amides is 1. The molecule has 1 saturated heterocycles. The van der Waals surface area contributed by atoms with Crippen molar-refractivity contribution >= 4 is 5.91 Å². The van der Waals surface area contributed by atoms with Crippen molar-refractivity contribution in [1.29, 1.82) is 0 Å². The van der Waals surface area contributed by atoms with Crippen LogP contribution in [0.1, 0.15) is 44.7 Å². The Morgan fingerprint density at radius 2 is 2.17 bits per heavy atom. The van der Waals surface area contributed by atoms with Crippen molar-refractivity contribution in [2.24, 2.45) is 5.92 Å². The highest BCUT2D eigenvalue weighted by molar-refractivity contribution is 5.76. The van der Waals surface area contributed by atoms with Crippen LogP contribution < -0.4 is 0 Å². The van der Waals surface area contributed by atoms with Crippen molar-refractivity contribution in [2.75, 3.05) is 13.1 Å². The summed E-state index contributed by atoms with van der Waals surface area (Å²) in [6.45, 7) is 5.90. The number of piperidine rings is 1. The smallest absolute Gasteiger partial charge is 0.222 e. The molecule has 0 N–H and O–H groups in total. The molecule has 2 rings (SSSR count). The average Bonchev–Trinajstić information content (AvgIpc) is 2.39. The van der Waals surface area contributed by atoms with E-state index in [0.29, 0.717) is 24.2 Å². The molecule has 1 aromatic heterocycles. The van der Waals surface area contributed by atoms with Gasteiger partial charge in [-0.15, -0.1) is 0 Å². The summed E-state index contributed by atoms with van der Waals surface area (Å²) in [4.78, 5) is 22.2. The molecule has 18 heavy (non-hydrogen) atoms. The number of hydrogen-bond acceptors (Lipinski definition) is 3. The molecule has 2 heterocycles. The largest absolute Gasteiger partial charge is 0.343 e. The number of hydrogen-bond donors (Lipinski definition) is 0. The molecule has 0 spiro atoms. The zero-order valence-corrected chi connectivity index (χ0v) is 11.2. The monoisotopic (exact) mass is 247 g/mol. The van der Waals surface area contributed by atoms with Gasteiger partial charge >= 0.3 is 0 Å². The minimum absolute atomic E-state index is 0.297. The van der Waals surface area contributed by atoms with Crippen LogP contribution in [0.2, 0.25) is 0 Å². The van der Waals surface area contributed by atoms with Gasteiger partial charge in [0.25, 0.3) is 0 Å². The second-order valence-electron chi connectivity index (χ2n) is 5.39. The Hall–Kier alpha value is -1.45. The molecule has 1 fully saturated rings. The van der Waals surface area contributed by atoms with Crippen LogP contribution in [0.4, 0.5) is 0 Å². The van der Waals surface area contributed by atoms with E-state index in [1.807, 2.05) is 11.0 Å². The first-order valence-corrected chi connectivity index (χ1v) is 6.70. The van der Waals surface area contributed by atoms with Crippen LogP contribution in [0.15, 0.2) is 18.6 Å². The third-order valence-electron chi connectivity index (χ3n) is 3.45. The molecule has 0 aliphatic carbocycles. The molecule has 0 radical (unpaired) electrons. The molecule has 0 aromatic carbocycles. The number of carbonyl (C=O) groups is 1. The number of carbonyl (C=O) groups excluding carboxylic acids is 1. The van der Waals surface area contributed by atoms with Gasteiger partial charge in [-0.2, -0.15) is 0 Å². The summed E-state index contributed by atoms with van der Waals surface area (Å²) < 4.78 is 0. The third kappa shape index (κ3) is 3.28. The van der Waals surface area contributed by atoms with Crippen molar-refractivity contribution in [3.05, 3.63) is 24.3 Å². The van der Waals surface area contributed by atoms with E-state index in [0.717, 1.165) is 31.6 Å². The Labute approximate surface area is 108 Å². The van der Waals surface area contributed by atoms with E-state index in [2.05, 4.69) is 23.8 Å². The maximum absolute atomic E-state index is 12.0. The zero-order chi connectivity index (χ0) is 13.0. The highest BCUT2D eigenvalue weighted by atomic mass is 16.2. The molecular weight excluding hydrogens is 226 g/mol. The first-order chi connectivity index (χ1) is 8.66. The van der Waals surface area contributed by atoms with Crippen LogP contribution in [-0.2, 0) is 4.79 Å². The number of likely N-dealkylation sites (tertiary alicyclic amines) is 1. The van der Waals surface area contributed by atoms with E-state index < -0.39 is 0 Å². The van der Waals surface area contributed by atoms with Gasteiger partial charge in [0.05, 0.1) is 0 Å². The van der Waals surface area contributed by atoms with Crippen LogP contribution in [0.25, 0.3) is 0 Å². The first-order valence-electron chi connectivity index (χ1n) is 6.70. The van der Waals surface area contributed by atoms with Crippen LogP contribution in [-0.4, -0.2) is 33.9 Å². The predicted octanol–water partition coefficient (Wildman–Crippen LogP) is 2.23. The Morgan fingerprint density at radius 1 is 1.44 bits per heavy atom. The molecule has 0 bridgehead atoms. The van der Waals surface area contributed by atoms with Crippen molar-refractivity contribution in [2.45, 2.75) is 39.0 Å². The molecule has 4 heteroatoms.